The minimum Gasteiger partial charge on any atom is -0.508 e. The van der Waals surface area contributed by atoms with Crippen LogP contribution in [0.4, 0.5) is 0 Å². The molecule has 1 heterocycles. The first kappa shape index (κ1) is 14.4. The van der Waals surface area contributed by atoms with Gasteiger partial charge in [0.25, 0.3) is 0 Å². The van der Waals surface area contributed by atoms with Crippen LogP contribution in [0.25, 0.3) is 0 Å². The topological polar surface area (TPSA) is 35.5 Å². The number of benzene rings is 1. The van der Waals surface area contributed by atoms with Crippen LogP contribution in [0.5, 0.6) is 5.75 Å². The normalized spacial score (nSPS) is 19.5. The Morgan fingerprint density at radius 2 is 2.00 bits per heavy atom. The van der Waals surface area contributed by atoms with Crippen molar-refractivity contribution in [1.29, 1.82) is 0 Å². The molecule has 0 saturated carbocycles. The Kier molecular flexibility index (Phi) is 5.23. The lowest BCUT2D eigenvalue weighted by atomic mass is 9.99. The summed E-state index contributed by atoms with van der Waals surface area (Å²) in [6.07, 6.45) is 2.66. The van der Waals surface area contributed by atoms with Crippen molar-refractivity contribution in [2.45, 2.75) is 32.7 Å². The standard InChI is InChI=1S/C16H26N2O/c1-13-7-10-18(11-8-13)12-9-17-14(2)15-5-3-4-6-16(15)19/h3-6,13-14,17,19H,7-12H2,1-2H3. The summed E-state index contributed by atoms with van der Waals surface area (Å²) in [6, 6.07) is 7.76. The van der Waals surface area contributed by atoms with Gasteiger partial charge in [-0.2, -0.15) is 0 Å². The molecule has 1 saturated heterocycles. The number of phenolic OH excluding ortho intramolecular Hbond substituents is 1. The highest BCUT2D eigenvalue weighted by atomic mass is 16.3. The van der Waals surface area contributed by atoms with Gasteiger partial charge in [0.2, 0.25) is 0 Å². The molecule has 0 amide bonds. The predicted octanol–water partition coefficient (Wildman–Crippen LogP) is 2.77. The number of hydrogen-bond donors (Lipinski definition) is 2. The van der Waals surface area contributed by atoms with Gasteiger partial charge in [0.05, 0.1) is 0 Å². The van der Waals surface area contributed by atoms with Crippen LogP contribution in [0.15, 0.2) is 24.3 Å². The SMILES string of the molecule is CC1CCN(CCNC(C)c2ccccc2O)CC1. The molecule has 1 aliphatic rings. The van der Waals surface area contributed by atoms with Crippen molar-refractivity contribution in [3.8, 4) is 5.75 Å². The number of phenols is 1. The molecular weight excluding hydrogens is 236 g/mol. The van der Waals surface area contributed by atoms with Crippen molar-refractivity contribution < 1.29 is 5.11 Å². The van der Waals surface area contributed by atoms with E-state index in [-0.39, 0.29) is 6.04 Å². The molecule has 1 aliphatic heterocycles. The Hall–Kier alpha value is -1.06. The van der Waals surface area contributed by atoms with Gasteiger partial charge in [-0.15, -0.1) is 0 Å². The quantitative estimate of drug-likeness (QED) is 0.856. The summed E-state index contributed by atoms with van der Waals surface area (Å²) in [5.74, 6) is 1.28. The molecule has 0 bridgehead atoms. The van der Waals surface area contributed by atoms with Gasteiger partial charge in [-0.1, -0.05) is 25.1 Å². The van der Waals surface area contributed by atoms with Crippen molar-refractivity contribution in [2.75, 3.05) is 26.2 Å². The molecule has 0 spiro atoms. The maximum absolute atomic E-state index is 9.81. The average Bonchev–Trinajstić information content (AvgIpc) is 2.41. The number of para-hydroxylation sites is 1. The van der Waals surface area contributed by atoms with Crippen LogP contribution in [0, 0.1) is 5.92 Å². The second kappa shape index (κ2) is 6.92. The zero-order chi connectivity index (χ0) is 13.7. The van der Waals surface area contributed by atoms with Crippen LogP contribution in [0.2, 0.25) is 0 Å². The second-order valence-electron chi connectivity index (χ2n) is 5.76. The molecule has 3 nitrogen and oxygen atoms in total. The van der Waals surface area contributed by atoms with E-state index in [0.29, 0.717) is 5.75 Å². The lowest BCUT2D eigenvalue weighted by molar-refractivity contribution is 0.191. The van der Waals surface area contributed by atoms with Gasteiger partial charge in [0, 0.05) is 24.7 Å². The van der Waals surface area contributed by atoms with Crippen LogP contribution in [0.3, 0.4) is 0 Å². The molecule has 1 aromatic carbocycles. The Morgan fingerprint density at radius 3 is 2.68 bits per heavy atom. The summed E-state index contributed by atoms with van der Waals surface area (Å²) in [5, 5.41) is 13.3. The third-order valence-electron chi connectivity index (χ3n) is 4.16. The summed E-state index contributed by atoms with van der Waals surface area (Å²) < 4.78 is 0. The van der Waals surface area contributed by atoms with Crippen LogP contribution < -0.4 is 5.32 Å². The molecule has 0 aromatic heterocycles. The van der Waals surface area contributed by atoms with Gasteiger partial charge in [-0.05, 0) is 44.8 Å². The third-order valence-corrected chi connectivity index (χ3v) is 4.16. The second-order valence-corrected chi connectivity index (χ2v) is 5.76. The molecule has 2 rings (SSSR count). The van der Waals surface area contributed by atoms with Crippen molar-refractivity contribution in [1.82, 2.24) is 10.2 Å². The van der Waals surface area contributed by atoms with Crippen LogP contribution in [0.1, 0.15) is 38.3 Å². The van der Waals surface area contributed by atoms with Gasteiger partial charge in [-0.25, -0.2) is 0 Å². The van der Waals surface area contributed by atoms with Crippen LogP contribution >= 0.6 is 0 Å². The highest BCUT2D eigenvalue weighted by molar-refractivity contribution is 5.34. The van der Waals surface area contributed by atoms with Crippen molar-refractivity contribution in [3.63, 3.8) is 0 Å². The number of hydrogen-bond acceptors (Lipinski definition) is 3. The van der Waals surface area contributed by atoms with Crippen LogP contribution in [-0.2, 0) is 0 Å². The maximum Gasteiger partial charge on any atom is 0.120 e. The molecule has 0 aliphatic carbocycles. The monoisotopic (exact) mass is 262 g/mol. The number of nitrogens with one attached hydrogen (secondary N) is 1. The Balaban J connectivity index is 1.72. The van der Waals surface area contributed by atoms with Gasteiger partial charge in [-0.3, -0.25) is 0 Å². The minimum atomic E-state index is 0.199. The zero-order valence-corrected chi connectivity index (χ0v) is 12.1. The average molecular weight is 262 g/mol. The molecule has 0 radical (unpaired) electrons. The summed E-state index contributed by atoms with van der Waals surface area (Å²) >= 11 is 0. The first-order valence-electron chi connectivity index (χ1n) is 7.40. The van der Waals surface area contributed by atoms with E-state index in [2.05, 4.69) is 24.1 Å². The van der Waals surface area contributed by atoms with E-state index in [9.17, 15) is 5.11 Å². The Morgan fingerprint density at radius 1 is 1.32 bits per heavy atom. The zero-order valence-electron chi connectivity index (χ0n) is 12.1. The molecule has 1 fully saturated rings. The summed E-state index contributed by atoms with van der Waals surface area (Å²) in [5.41, 5.74) is 0.981. The Bertz CT molecular complexity index is 386. The third kappa shape index (κ3) is 4.22. The van der Waals surface area contributed by atoms with Gasteiger partial charge in [0.15, 0.2) is 0 Å². The molecule has 106 valence electrons. The van der Waals surface area contributed by atoms with E-state index >= 15 is 0 Å². The van der Waals surface area contributed by atoms with Gasteiger partial charge < -0.3 is 15.3 Å². The van der Waals surface area contributed by atoms with E-state index in [0.717, 1.165) is 24.6 Å². The smallest absolute Gasteiger partial charge is 0.120 e. The molecule has 1 atom stereocenters. The van der Waals surface area contributed by atoms with E-state index in [1.54, 1.807) is 6.07 Å². The van der Waals surface area contributed by atoms with Gasteiger partial charge in [0.1, 0.15) is 5.75 Å². The fraction of sp³-hybridized carbons (Fsp3) is 0.625. The molecule has 19 heavy (non-hydrogen) atoms. The number of rotatable bonds is 5. The van der Waals surface area contributed by atoms with E-state index in [4.69, 9.17) is 0 Å². The van der Waals surface area contributed by atoms with E-state index in [1.165, 1.54) is 25.9 Å². The van der Waals surface area contributed by atoms with Crippen molar-refractivity contribution in [2.24, 2.45) is 5.92 Å². The number of likely N-dealkylation sites (tertiary alicyclic amines) is 1. The summed E-state index contributed by atoms with van der Waals surface area (Å²) in [6.45, 7) is 8.99. The minimum absolute atomic E-state index is 0.199. The number of aromatic hydroxyl groups is 1. The first-order valence-corrected chi connectivity index (χ1v) is 7.40. The lowest BCUT2D eigenvalue weighted by Gasteiger charge is -2.30. The predicted molar refractivity (Wildman–Crippen MR) is 79.4 cm³/mol. The summed E-state index contributed by atoms with van der Waals surface area (Å²) in [4.78, 5) is 2.53. The summed E-state index contributed by atoms with van der Waals surface area (Å²) in [7, 11) is 0. The fourth-order valence-electron chi connectivity index (χ4n) is 2.69. The van der Waals surface area contributed by atoms with Gasteiger partial charge >= 0.3 is 0 Å². The fourth-order valence-corrected chi connectivity index (χ4v) is 2.69. The first-order chi connectivity index (χ1) is 9.16. The lowest BCUT2D eigenvalue weighted by Crippen LogP contribution is -2.38. The molecular formula is C16H26N2O. The molecule has 1 aromatic rings. The number of piperidine rings is 1. The Labute approximate surface area is 116 Å². The van der Waals surface area contributed by atoms with E-state index < -0.39 is 0 Å². The molecule has 2 N–H and O–H groups in total. The van der Waals surface area contributed by atoms with E-state index in [1.807, 2.05) is 18.2 Å². The highest BCUT2D eigenvalue weighted by Gasteiger charge is 2.15. The van der Waals surface area contributed by atoms with Crippen molar-refractivity contribution in [3.05, 3.63) is 29.8 Å². The highest BCUT2D eigenvalue weighted by Crippen LogP contribution is 2.22. The van der Waals surface area contributed by atoms with Crippen molar-refractivity contribution >= 4 is 0 Å². The molecule has 3 heteroatoms. The number of nitrogens with zero attached hydrogens (tertiary/aromatic N) is 1. The largest absolute Gasteiger partial charge is 0.508 e. The molecule has 1 unspecified atom stereocenters. The maximum atomic E-state index is 9.81. The van der Waals surface area contributed by atoms with Crippen LogP contribution in [-0.4, -0.2) is 36.2 Å².